The Morgan fingerprint density at radius 2 is 2.00 bits per heavy atom. The summed E-state index contributed by atoms with van der Waals surface area (Å²) in [4.78, 5) is 11.2. The van der Waals surface area contributed by atoms with Gasteiger partial charge in [0.2, 0.25) is 0 Å². The van der Waals surface area contributed by atoms with Crippen molar-refractivity contribution in [2.75, 3.05) is 0 Å². The monoisotopic (exact) mass is 156 g/mol. The van der Waals surface area contributed by atoms with Crippen LogP contribution >= 0.6 is 0 Å². The van der Waals surface area contributed by atoms with Crippen LogP contribution in [0.1, 0.15) is 33.6 Å². The predicted octanol–water partition coefficient (Wildman–Crippen LogP) is 1.98. The van der Waals surface area contributed by atoms with E-state index in [0.29, 0.717) is 5.92 Å². The van der Waals surface area contributed by atoms with Gasteiger partial charge in [-0.1, -0.05) is 20.8 Å². The number of rotatable bonds is 2. The van der Waals surface area contributed by atoms with Gasteiger partial charge in [0.05, 0.1) is 5.92 Å². The molecule has 1 aliphatic rings. The van der Waals surface area contributed by atoms with Crippen LogP contribution in [0.3, 0.4) is 0 Å². The second kappa shape index (κ2) is 3.24. The Bertz CT molecular complexity index is 154. The molecule has 1 saturated heterocycles. The third-order valence-corrected chi connectivity index (χ3v) is 2.63. The number of hydrogen-bond donors (Lipinski definition) is 0. The fraction of sp³-hybridized carbons (Fsp3) is 0.889. The molecule has 11 heavy (non-hydrogen) atoms. The second-order valence-corrected chi connectivity index (χ2v) is 3.26. The summed E-state index contributed by atoms with van der Waals surface area (Å²) in [6, 6.07) is 0. The lowest BCUT2D eigenvalue weighted by Gasteiger charge is -2.12. The minimum Gasteiger partial charge on any atom is -0.462 e. The molecule has 3 unspecified atom stereocenters. The van der Waals surface area contributed by atoms with Crippen LogP contribution < -0.4 is 0 Å². The van der Waals surface area contributed by atoms with Gasteiger partial charge < -0.3 is 4.74 Å². The Morgan fingerprint density at radius 3 is 2.27 bits per heavy atom. The van der Waals surface area contributed by atoms with Crippen LogP contribution in [0.4, 0.5) is 0 Å². The average molecular weight is 156 g/mol. The maximum absolute atomic E-state index is 11.2. The fourth-order valence-electron chi connectivity index (χ4n) is 1.81. The molecule has 0 N–H and O–H groups in total. The van der Waals surface area contributed by atoms with E-state index in [1.807, 2.05) is 6.92 Å². The lowest BCUT2D eigenvalue weighted by molar-refractivity contribution is -0.144. The first kappa shape index (κ1) is 8.57. The zero-order valence-electron chi connectivity index (χ0n) is 7.46. The van der Waals surface area contributed by atoms with Crippen LogP contribution in [0.5, 0.6) is 0 Å². The summed E-state index contributed by atoms with van der Waals surface area (Å²) >= 11 is 0. The largest absolute Gasteiger partial charge is 0.462 e. The molecule has 0 radical (unpaired) electrons. The van der Waals surface area contributed by atoms with Crippen molar-refractivity contribution in [1.82, 2.24) is 0 Å². The summed E-state index contributed by atoms with van der Waals surface area (Å²) in [6.07, 6.45) is 2.03. The molecule has 64 valence electrons. The van der Waals surface area contributed by atoms with Crippen LogP contribution in [0, 0.1) is 11.8 Å². The van der Waals surface area contributed by atoms with Crippen LogP contribution in [-0.2, 0) is 9.53 Å². The number of carbonyl (C=O) groups is 1. The average Bonchev–Trinajstić information content (AvgIpc) is 2.26. The summed E-state index contributed by atoms with van der Waals surface area (Å²) in [5, 5.41) is 0. The Hall–Kier alpha value is -0.530. The van der Waals surface area contributed by atoms with Crippen molar-refractivity contribution < 1.29 is 9.53 Å². The minimum absolute atomic E-state index is 0.00634. The molecule has 0 aliphatic carbocycles. The molecule has 1 aliphatic heterocycles. The van der Waals surface area contributed by atoms with Gasteiger partial charge in [-0.15, -0.1) is 0 Å². The topological polar surface area (TPSA) is 26.3 Å². The highest BCUT2D eigenvalue weighted by Gasteiger charge is 2.39. The van der Waals surface area contributed by atoms with Gasteiger partial charge in [0.15, 0.2) is 0 Å². The molecule has 0 spiro atoms. The number of carbonyl (C=O) groups excluding carboxylic acids is 1. The lowest BCUT2D eigenvalue weighted by Crippen LogP contribution is -2.16. The van der Waals surface area contributed by atoms with Crippen molar-refractivity contribution in [3.63, 3.8) is 0 Å². The van der Waals surface area contributed by atoms with Crippen LogP contribution in [0.2, 0.25) is 0 Å². The van der Waals surface area contributed by atoms with Gasteiger partial charge in [-0.05, 0) is 12.8 Å². The van der Waals surface area contributed by atoms with Gasteiger partial charge in [-0.25, -0.2) is 0 Å². The number of cyclic esters (lactones) is 1. The van der Waals surface area contributed by atoms with E-state index in [0.717, 1.165) is 12.8 Å². The first-order valence-corrected chi connectivity index (χ1v) is 4.41. The van der Waals surface area contributed by atoms with Crippen LogP contribution in [0.25, 0.3) is 0 Å². The van der Waals surface area contributed by atoms with Crippen LogP contribution in [0.15, 0.2) is 0 Å². The summed E-state index contributed by atoms with van der Waals surface area (Å²) < 4.78 is 5.19. The third-order valence-electron chi connectivity index (χ3n) is 2.63. The highest BCUT2D eigenvalue weighted by molar-refractivity contribution is 5.75. The van der Waals surface area contributed by atoms with Gasteiger partial charge in [0.25, 0.3) is 0 Å². The van der Waals surface area contributed by atoms with Gasteiger partial charge >= 0.3 is 5.97 Å². The summed E-state index contributed by atoms with van der Waals surface area (Å²) in [5.41, 5.74) is 0. The quantitative estimate of drug-likeness (QED) is 0.571. The minimum atomic E-state index is 0.00634. The van der Waals surface area contributed by atoms with Gasteiger partial charge in [-0.2, -0.15) is 0 Å². The maximum atomic E-state index is 11.2. The van der Waals surface area contributed by atoms with Gasteiger partial charge in [-0.3, -0.25) is 4.79 Å². The van der Waals surface area contributed by atoms with E-state index in [1.165, 1.54) is 0 Å². The van der Waals surface area contributed by atoms with Gasteiger partial charge in [0, 0.05) is 5.92 Å². The van der Waals surface area contributed by atoms with E-state index in [1.54, 1.807) is 0 Å². The summed E-state index contributed by atoms with van der Waals surface area (Å²) in [7, 11) is 0. The first-order valence-electron chi connectivity index (χ1n) is 4.41. The summed E-state index contributed by atoms with van der Waals surface area (Å²) in [5.74, 6) is 0.573. The van der Waals surface area contributed by atoms with Crippen molar-refractivity contribution in [2.24, 2.45) is 11.8 Å². The molecular formula is C9H16O2. The normalized spacial score (nSPS) is 37.4. The number of hydrogen-bond acceptors (Lipinski definition) is 2. The van der Waals surface area contributed by atoms with Crippen molar-refractivity contribution in [3.8, 4) is 0 Å². The molecule has 2 nitrogen and oxygen atoms in total. The molecule has 1 fully saturated rings. The van der Waals surface area contributed by atoms with E-state index in [2.05, 4.69) is 13.8 Å². The van der Waals surface area contributed by atoms with Crippen LogP contribution in [-0.4, -0.2) is 12.1 Å². The predicted molar refractivity (Wildman–Crippen MR) is 43.1 cm³/mol. The van der Waals surface area contributed by atoms with Crippen molar-refractivity contribution in [3.05, 3.63) is 0 Å². The molecule has 1 rings (SSSR count). The standard InChI is InChI=1S/C9H16O2/c1-4-7-6(3)8(5-2)11-9(7)10/h6-8H,4-5H2,1-3H3. The van der Waals surface area contributed by atoms with Crippen molar-refractivity contribution >= 4 is 5.97 Å². The number of ether oxygens (including phenoxy) is 1. The lowest BCUT2D eigenvalue weighted by atomic mass is 9.89. The SMILES string of the molecule is CCC1OC(=O)C(CC)C1C. The van der Waals surface area contributed by atoms with Crippen molar-refractivity contribution in [2.45, 2.75) is 39.7 Å². The van der Waals surface area contributed by atoms with Crippen molar-refractivity contribution in [1.29, 1.82) is 0 Å². The fourth-order valence-corrected chi connectivity index (χ4v) is 1.81. The third kappa shape index (κ3) is 1.39. The highest BCUT2D eigenvalue weighted by Crippen LogP contribution is 2.31. The molecule has 0 saturated carbocycles. The summed E-state index contributed by atoms with van der Waals surface area (Å²) in [6.45, 7) is 6.21. The smallest absolute Gasteiger partial charge is 0.309 e. The van der Waals surface area contributed by atoms with E-state index < -0.39 is 0 Å². The molecular weight excluding hydrogens is 140 g/mol. The van der Waals surface area contributed by atoms with E-state index in [9.17, 15) is 4.79 Å². The number of esters is 1. The molecule has 0 aromatic rings. The molecule has 0 amide bonds. The molecule has 0 aromatic heterocycles. The second-order valence-electron chi connectivity index (χ2n) is 3.26. The molecule has 2 heteroatoms. The molecule has 0 bridgehead atoms. The Kier molecular flexibility index (Phi) is 2.53. The Labute approximate surface area is 67.9 Å². The Morgan fingerprint density at radius 1 is 1.36 bits per heavy atom. The molecule has 0 aromatic carbocycles. The zero-order chi connectivity index (χ0) is 8.43. The van der Waals surface area contributed by atoms with E-state index in [-0.39, 0.29) is 18.0 Å². The van der Waals surface area contributed by atoms with E-state index in [4.69, 9.17) is 4.74 Å². The Balaban J connectivity index is 2.62. The van der Waals surface area contributed by atoms with E-state index >= 15 is 0 Å². The highest BCUT2D eigenvalue weighted by atomic mass is 16.6. The zero-order valence-corrected chi connectivity index (χ0v) is 7.46. The first-order chi connectivity index (χ1) is 5.20. The molecule has 3 atom stereocenters. The molecule has 1 heterocycles. The maximum Gasteiger partial charge on any atom is 0.309 e. The van der Waals surface area contributed by atoms with Gasteiger partial charge in [0.1, 0.15) is 6.10 Å².